The maximum Gasteiger partial charge on any atom is 0.259 e. The van der Waals surface area contributed by atoms with Crippen LogP contribution in [0.3, 0.4) is 0 Å². The van der Waals surface area contributed by atoms with E-state index >= 15 is 0 Å². The number of aryl methyl sites for hydroxylation is 1. The molecule has 2 heterocycles. The Morgan fingerprint density at radius 2 is 2.03 bits per heavy atom. The number of aromatic nitrogens is 2. The summed E-state index contributed by atoms with van der Waals surface area (Å²) in [5.74, 6) is 0.131. The number of rotatable bonds is 5. The van der Waals surface area contributed by atoms with Crippen LogP contribution in [0.1, 0.15) is 54.8 Å². The fraction of sp³-hybridized carbons (Fsp3) is 0.409. The molecule has 30 heavy (non-hydrogen) atoms. The molecule has 0 saturated heterocycles. The van der Waals surface area contributed by atoms with Crippen LogP contribution >= 0.6 is 11.3 Å². The van der Waals surface area contributed by atoms with E-state index in [9.17, 15) is 9.18 Å². The minimum absolute atomic E-state index is 0.0511. The molecule has 0 unspecified atom stereocenters. The first kappa shape index (κ1) is 20.5. The van der Waals surface area contributed by atoms with Crippen molar-refractivity contribution in [3.05, 3.63) is 40.8 Å². The van der Waals surface area contributed by atoms with Gasteiger partial charge in [-0.05, 0) is 55.7 Å². The summed E-state index contributed by atoms with van der Waals surface area (Å²) in [5.41, 5.74) is 7.15. The zero-order valence-electron chi connectivity index (χ0n) is 17.3. The highest BCUT2D eigenvalue weighted by molar-refractivity contribution is 7.20. The number of carbonyl (C=O) groups is 1. The van der Waals surface area contributed by atoms with Gasteiger partial charge in [0.1, 0.15) is 28.5 Å². The Morgan fingerprint density at radius 3 is 2.73 bits per heavy atom. The SMILES string of the molecule is Cc1c(C(N)=O)sc2ncnc(Nc3ccc(F)cc3OC3CCC(C)(C)CC3)c12. The highest BCUT2D eigenvalue weighted by atomic mass is 32.1. The van der Waals surface area contributed by atoms with Crippen molar-refractivity contribution in [1.82, 2.24) is 9.97 Å². The Morgan fingerprint density at radius 1 is 1.30 bits per heavy atom. The molecule has 1 fully saturated rings. The molecule has 0 spiro atoms. The molecule has 1 amide bonds. The summed E-state index contributed by atoms with van der Waals surface area (Å²) in [6, 6.07) is 4.42. The Bertz CT molecular complexity index is 1100. The van der Waals surface area contributed by atoms with E-state index in [2.05, 4.69) is 29.1 Å². The van der Waals surface area contributed by atoms with Gasteiger partial charge < -0.3 is 15.8 Å². The molecule has 0 aliphatic heterocycles. The highest BCUT2D eigenvalue weighted by Gasteiger charge is 2.28. The van der Waals surface area contributed by atoms with Crippen molar-refractivity contribution in [3.8, 4) is 5.75 Å². The second kappa shape index (κ2) is 7.83. The lowest BCUT2D eigenvalue weighted by atomic mass is 9.76. The largest absolute Gasteiger partial charge is 0.488 e. The predicted octanol–water partition coefficient (Wildman–Crippen LogP) is 5.33. The van der Waals surface area contributed by atoms with Crippen LogP contribution in [0.4, 0.5) is 15.9 Å². The van der Waals surface area contributed by atoms with Crippen molar-refractivity contribution in [2.75, 3.05) is 5.32 Å². The first-order chi connectivity index (χ1) is 14.2. The van der Waals surface area contributed by atoms with E-state index in [4.69, 9.17) is 10.5 Å². The molecule has 0 bridgehead atoms. The van der Waals surface area contributed by atoms with Gasteiger partial charge in [-0.25, -0.2) is 14.4 Å². The van der Waals surface area contributed by atoms with E-state index in [0.717, 1.165) is 36.6 Å². The van der Waals surface area contributed by atoms with Gasteiger partial charge in [-0.2, -0.15) is 0 Å². The third-order valence-electron chi connectivity index (χ3n) is 5.73. The number of ether oxygens (including phenoxy) is 1. The number of amides is 1. The number of hydrogen-bond donors (Lipinski definition) is 2. The third kappa shape index (κ3) is 4.09. The summed E-state index contributed by atoms with van der Waals surface area (Å²) in [4.78, 5) is 21.4. The van der Waals surface area contributed by atoms with E-state index in [1.807, 2.05) is 6.92 Å². The molecule has 6 nitrogen and oxygen atoms in total. The molecule has 2 aromatic heterocycles. The molecule has 0 radical (unpaired) electrons. The molecule has 0 atom stereocenters. The first-order valence-electron chi connectivity index (χ1n) is 10.0. The third-order valence-corrected chi connectivity index (χ3v) is 6.94. The fourth-order valence-corrected chi connectivity index (χ4v) is 4.90. The number of halogens is 1. The average Bonchev–Trinajstić information content (AvgIpc) is 3.03. The number of thiophene rings is 1. The molecule has 158 valence electrons. The molecule has 4 rings (SSSR count). The van der Waals surface area contributed by atoms with Crippen molar-refractivity contribution in [2.24, 2.45) is 11.1 Å². The van der Waals surface area contributed by atoms with Crippen LogP contribution in [0.15, 0.2) is 24.5 Å². The van der Waals surface area contributed by atoms with Crippen molar-refractivity contribution < 1.29 is 13.9 Å². The molecule has 1 aliphatic carbocycles. The molecule has 3 N–H and O–H groups in total. The zero-order chi connectivity index (χ0) is 21.5. The average molecular weight is 429 g/mol. The Kier molecular flexibility index (Phi) is 5.36. The molecule has 1 saturated carbocycles. The highest BCUT2D eigenvalue weighted by Crippen LogP contribution is 2.39. The van der Waals surface area contributed by atoms with Crippen molar-refractivity contribution in [3.63, 3.8) is 0 Å². The zero-order valence-corrected chi connectivity index (χ0v) is 18.1. The van der Waals surface area contributed by atoms with Crippen LogP contribution in [0.5, 0.6) is 5.75 Å². The second-order valence-electron chi connectivity index (χ2n) is 8.57. The van der Waals surface area contributed by atoms with E-state index in [-0.39, 0.29) is 11.9 Å². The molecule has 8 heteroatoms. The van der Waals surface area contributed by atoms with Crippen LogP contribution in [0.25, 0.3) is 10.2 Å². The minimum atomic E-state index is -0.493. The summed E-state index contributed by atoms with van der Waals surface area (Å²) >= 11 is 1.23. The van der Waals surface area contributed by atoms with Gasteiger partial charge in [0.25, 0.3) is 5.91 Å². The summed E-state index contributed by atoms with van der Waals surface area (Å²) < 4.78 is 20.2. The Labute approximate surface area is 178 Å². The van der Waals surface area contributed by atoms with Gasteiger partial charge in [0.05, 0.1) is 22.1 Å². The number of carbonyl (C=O) groups excluding carboxylic acids is 1. The Balaban J connectivity index is 1.65. The van der Waals surface area contributed by atoms with Crippen molar-refractivity contribution in [2.45, 2.75) is 52.6 Å². The summed E-state index contributed by atoms with van der Waals surface area (Å²) in [6.07, 6.45) is 5.51. The number of primary amides is 1. The standard InChI is InChI=1S/C22H25FN4O2S/c1-12-17-20(25-11-26-21(17)30-18(12)19(24)28)27-15-5-4-13(23)10-16(15)29-14-6-8-22(2,3)9-7-14/h4-5,10-11,14H,6-9H2,1-3H3,(H2,24,28)(H,25,26,27). The fourth-order valence-electron chi connectivity index (χ4n) is 3.90. The normalized spacial score (nSPS) is 16.5. The van der Waals surface area contributed by atoms with Gasteiger partial charge >= 0.3 is 0 Å². The first-order valence-corrected chi connectivity index (χ1v) is 10.8. The number of nitrogens with zero attached hydrogens (tertiary/aromatic N) is 2. The van der Waals surface area contributed by atoms with Crippen molar-refractivity contribution in [1.29, 1.82) is 0 Å². The maximum atomic E-state index is 14.0. The summed E-state index contributed by atoms with van der Waals surface area (Å²) in [6.45, 7) is 6.35. The minimum Gasteiger partial charge on any atom is -0.488 e. The lowest BCUT2D eigenvalue weighted by Gasteiger charge is -2.34. The maximum absolute atomic E-state index is 14.0. The van der Waals surface area contributed by atoms with Crippen LogP contribution in [-0.2, 0) is 0 Å². The van der Waals surface area contributed by atoms with Gasteiger partial charge in [-0.15, -0.1) is 11.3 Å². The Hall–Kier alpha value is -2.74. The van der Waals surface area contributed by atoms with Crippen LogP contribution in [-0.4, -0.2) is 22.0 Å². The smallest absolute Gasteiger partial charge is 0.259 e. The van der Waals surface area contributed by atoms with Crippen LogP contribution in [0.2, 0.25) is 0 Å². The summed E-state index contributed by atoms with van der Waals surface area (Å²) in [7, 11) is 0. The quantitative estimate of drug-likeness (QED) is 0.573. The van der Waals surface area contributed by atoms with E-state index in [1.54, 1.807) is 6.07 Å². The van der Waals surface area contributed by atoms with Gasteiger partial charge in [0, 0.05) is 6.07 Å². The van der Waals surface area contributed by atoms with E-state index in [0.29, 0.717) is 32.4 Å². The van der Waals surface area contributed by atoms with E-state index in [1.165, 1.54) is 29.8 Å². The van der Waals surface area contributed by atoms with Crippen LogP contribution in [0, 0.1) is 18.2 Å². The number of nitrogens with one attached hydrogen (secondary N) is 1. The van der Waals surface area contributed by atoms with Gasteiger partial charge in [-0.1, -0.05) is 13.8 Å². The lowest BCUT2D eigenvalue weighted by molar-refractivity contribution is 0.0991. The number of benzene rings is 1. The van der Waals surface area contributed by atoms with Gasteiger partial charge in [-0.3, -0.25) is 4.79 Å². The number of nitrogens with two attached hydrogens (primary N) is 1. The number of anilines is 2. The number of fused-ring (bicyclic) bond motifs is 1. The molecular weight excluding hydrogens is 403 g/mol. The molecule has 1 aliphatic rings. The monoisotopic (exact) mass is 428 g/mol. The molecule has 3 aromatic rings. The molecule has 1 aromatic carbocycles. The lowest BCUT2D eigenvalue weighted by Crippen LogP contribution is -2.28. The second-order valence-corrected chi connectivity index (χ2v) is 9.57. The van der Waals surface area contributed by atoms with E-state index < -0.39 is 5.91 Å². The van der Waals surface area contributed by atoms with Gasteiger partial charge in [0.15, 0.2) is 0 Å². The van der Waals surface area contributed by atoms with Crippen LogP contribution < -0.4 is 15.8 Å². The summed E-state index contributed by atoms with van der Waals surface area (Å²) in [5, 5.41) is 3.98. The molecular formula is C22H25FN4O2S. The predicted molar refractivity (Wildman–Crippen MR) is 117 cm³/mol. The van der Waals surface area contributed by atoms with Gasteiger partial charge in [0.2, 0.25) is 0 Å². The van der Waals surface area contributed by atoms with Crippen molar-refractivity contribution >= 4 is 39.0 Å². The topological polar surface area (TPSA) is 90.1 Å². The number of hydrogen-bond acceptors (Lipinski definition) is 6.